The lowest BCUT2D eigenvalue weighted by atomic mass is 10.2. The van der Waals surface area contributed by atoms with Crippen LogP contribution in [0.2, 0.25) is 0 Å². The van der Waals surface area contributed by atoms with Gasteiger partial charge in [0, 0.05) is 46.0 Å². The van der Waals surface area contributed by atoms with Crippen molar-refractivity contribution in [1.29, 1.82) is 0 Å². The first-order valence-corrected chi connectivity index (χ1v) is 9.21. The van der Waals surface area contributed by atoms with Gasteiger partial charge in [-0.15, -0.1) is 0 Å². The Morgan fingerprint density at radius 3 is 2.67 bits per heavy atom. The lowest BCUT2D eigenvalue weighted by molar-refractivity contribution is 0.0650. The number of imidazole rings is 1. The molecule has 0 aliphatic carbocycles. The van der Waals surface area contributed by atoms with E-state index in [0.717, 1.165) is 43.9 Å². The lowest BCUT2D eigenvalue weighted by Crippen LogP contribution is -2.48. The van der Waals surface area contributed by atoms with Crippen LogP contribution in [0.4, 0.5) is 0 Å². The molecule has 6 heteroatoms. The molecule has 27 heavy (non-hydrogen) atoms. The maximum atomic E-state index is 12.8. The summed E-state index contributed by atoms with van der Waals surface area (Å²) in [7, 11) is 1.90. The summed E-state index contributed by atoms with van der Waals surface area (Å²) in [5.41, 5.74) is 3.37. The number of benzene rings is 1. The van der Waals surface area contributed by atoms with Crippen LogP contribution in [0.15, 0.2) is 55.0 Å². The molecule has 0 saturated carbocycles. The number of hydrogen-bond acceptors (Lipinski definition) is 4. The monoisotopic (exact) mass is 361 g/mol. The maximum Gasteiger partial charge on any atom is 0.255 e. The second-order valence-corrected chi connectivity index (χ2v) is 6.83. The summed E-state index contributed by atoms with van der Waals surface area (Å²) >= 11 is 0. The van der Waals surface area contributed by atoms with E-state index in [1.807, 2.05) is 40.8 Å². The molecule has 0 atom stereocenters. The second-order valence-electron chi connectivity index (χ2n) is 6.83. The molecule has 0 bridgehead atoms. The molecule has 1 aromatic carbocycles. The summed E-state index contributed by atoms with van der Waals surface area (Å²) in [4.78, 5) is 25.7. The fourth-order valence-corrected chi connectivity index (χ4v) is 3.35. The third-order valence-corrected chi connectivity index (χ3v) is 4.93. The standard InChI is InChI=1S/C21H23N5O/c1-24-16-23-19-14-18(15-22-20(19)24)21(27)26-12-10-25(11-13-26)9-5-8-17-6-3-2-4-7-17/h2-8,14-16H,9-13H2,1H3/b8-5+. The highest BCUT2D eigenvalue weighted by Gasteiger charge is 2.22. The first-order valence-electron chi connectivity index (χ1n) is 9.21. The Kier molecular flexibility index (Phi) is 4.98. The van der Waals surface area contributed by atoms with Crippen molar-refractivity contribution in [2.75, 3.05) is 32.7 Å². The quantitative estimate of drug-likeness (QED) is 0.716. The van der Waals surface area contributed by atoms with Gasteiger partial charge in [0.05, 0.1) is 11.9 Å². The van der Waals surface area contributed by atoms with E-state index in [1.54, 1.807) is 12.5 Å². The average molecular weight is 361 g/mol. The minimum atomic E-state index is 0.0366. The molecular weight excluding hydrogens is 338 g/mol. The summed E-state index contributed by atoms with van der Waals surface area (Å²) in [5.74, 6) is 0.0366. The highest BCUT2D eigenvalue weighted by atomic mass is 16.2. The zero-order chi connectivity index (χ0) is 18.6. The Morgan fingerprint density at radius 1 is 1.11 bits per heavy atom. The molecule has 0 spiro atoms. The minimum Gasteiger partial charge on any atom is -0.336 e. The van der Waals surface area contributed by atoms with Gasteiger partial charge in [-0.1, -0.05) is 42.5 Å². The van der Waals surface area contributed by atoms with Gasteiger partial charge in [-0.05, 0) is 11.6 Å². The Labute approximate surface area is 158 Å². The van der Waals surface area contributed by atoms with Crippen molar-refractivity contribution in [3.8, 4) is 0 Å². The van der Waals surface area contributed by atoms with Crippen LogP contribution in [0.1, 0.15) is 15.9 Å². The van der Waals surface area contributed by atoms with Gasteiger partial charge in [0.25, 0.3) is 5.91 Å². The van der Waals surface area contributed by atoms with Crippen molar-refractivity contribution in [2.24, 2.45) is 7.05 Å². The molecule has 4 rings (SSSR count). The van der Waals surface area contributed by atoms with Crippen molar-refractivity contribution < 1.29 is 4.79 Å². The van der Waals surface area contributed by atoms with Crippen molar-refractivity contribution in [2.45, 2.75) is 0 Å². The smallest absolute Gasteiger partial charge is 0.255 e. The van der Waals surface area contributed by atoms with E-state index in [-0.39, 0.29) is 5.91 Å². The molecule has 0 N–H and O–H groups in total. The Bertz CT molecular complexity index is 955. The van der Waals surface area contributed by atoms with Gasteiger partial charge < -0.3 is 9.47 Å². The molecule has 1 amide bonds. The normalized spacial score (nSPS) is 15.7. The topological polar surface area (TPSA) is 54.3 Å². The number of pyridine rings is 1. The Balaban J connectivity index is 1.32. The number of piperazine rings is 1. The minimum absolute atomic E-state index is 0.0366. The van der Waals surface area contributed by atoms with Crippen LogP contribution in [0.3, 0.4) is 0 Å². The van der Waals surface area contributed by atoms with E-state index in [0.29, 0.717) is 5.56 Å². The van der Waals surface area contributed by atoms with E-state index in [4.69, 9.17) is 0 Å². The largest absolute Gasteiger partial charge is 0.336 e. The summed E-state index contributed by atoms with van der Waals surface area (Å²) in [6.07, 6.45) is 7.70. The van der Waals surface area contributed by atoms with Gasteiger partial charge in [0.2, 0.25) is 0 Å². The molecule has 1 aliphatic rings. The number of amides is 1. The van der Waals surface area contributed by atoms with Gasteiger partial charge in [-0.3, -0.25) is 9.69 Å². The Hall–Kier alpha value is -2.99. The van der Waals surface area contributed by atoms with Crippen LogP contribution in [0.5, 0.6) is 0 Å². The van der Waals surface area contributed by atoms with Gasteiger partial charge in [-0.25, -0.2) is 9.97 Å². The zero-order valence-corrected chi connectivity index (χ0v) is 15.5. The van der Waals surface area contributed by atoms with Crippen LogP contribution < -0.4 is 0 Å². The number of aryl methyl sites for hydroxylation is 1. The van der Waals surface area contributed by atoms with Crippen molar-refractivity contribution >= 4 is 23.1 Å². The van der Waals surface area contributed by atoms with Gasteiger partial charge in [0.1, 0.15) is 5.52 Å². The first-order chi connectivity index (χ1) is 13.2. The predicted octanol–water partition coefficient (Wildman–Crippen LogP) is 2.44. The number of nitrogens with zero attached hydrogens (tertiary/aromatic N) is 5. The van der Waals surface area contributed by atoms with E-state index < -0.39 is 0 Å². The van der Waals surface area contributed by atoms with Crippen LogP contribution in [-0.2, 0) is 7.05 Å². The summed E-state index contributed by atoms with van der Waals surface area (Å²) in [5, 5.41) is 0. The fraction of sp³-hybridized carbons (Fsp3) is 0.286. The number of rotatable bonds is 4. The molecule has 0 unspecified atom stereocenters. The number of aromatic nitrogens is 3. The van der Waals surface area contributed by atoms with Crippen molar-refractivity contribution in [3.63, 3.8) is 0 Å². The molecule has 1 fully saturated rings. The molecule has 6 nitrogen and oxygen atoms in total. The van der Waals surface area contributed by atoms with Gasteiger partial charge in [-0.2, -0.15) is 0 Å². The van der Waals surface area contributed by atoms with Crippen molar-refractivity contribution in [3.05, 3.63) is 66.1 Å². The second kappa shape index (κ2) is 7.72. The third-order valence-electron chi connectivity index (χ3n) is 4.93. The molecule has 0 radical (unpaired) electrons. The van der Waals surface area contributed by atoms with E-state index >= 15 is 0 Å². The number of carbonyl (C=O) groups excluding carboxylic acids is 1. The van der Waals surface area contributed by atoms with Crippen molar-refractivity contribution in [1.82, 2.24) is 24.3 Å². The van der Waals surface area contributed by atoms with Crippen LogP contribution >= 0.6 is 0 Å². The predicted molar refractivity (Wildman–Crippen MR) is 106 cm³/mol. The number of carbonyl (C=O) groups is 1. The summed E-state index contributed by atoms with van der Waals surface area (Å²) in [6, 6.07) is 12.1. The number of hydrogen-bond donors (Lipinski definition) is 0. The number of fused-ring (bicyclic) bond motifs is 1. The molecular formula is C21H23N5O. The Morgan fingerprint density at radius 2 is 1.89 bits per heavy atom. The van der Waals surface area contributed by atoms with Crippen LogP contribution in [0, 0.1) is 0 Å². The highest BCUT2D eigenvalue weighted by Crippen LogP contribution is 2.14. The van der Waals surface area contributed by atoms with Crippen LogP contribution in [-0.4, -0.2) is 63.0 Å². The first kappa shape index (κ1) is 17.4. The fourth-order valence-electron chi connectivity index (χ4n) is 3.35. The molecule has 2 aromatic heterocycles. The molecule has 3 heterocycles. The molecule has 1 aliphatic heterocycles. The summed E-state index contributed by atoms with van der Waals surface area (Å²) in [6.45, 7) is 4.13. The SMILES string of the molecule is Cn1cnc2cc(C(=O)N3CCN(C/C=C/c4ccccc4)CC3)cnc21. The van der Waals surface area contributed by atoms with Gasteiger partial charge >= 0.3 is 0 Å². The highest BCUT2D eigenvalue weighted by molar-refractivity contribution is 5.96. The van der Waals surface area contributed by atoms with E-state index in [1.165, 1.54) is 5.56 Å². The van der Waals surface area contributed by atoms with Crippen LogP contribution in [0.25, 0.3) is 17.2 Å². The summed E-state index contributed by atoms with van der Waals surface area (Å²) < 4.78 is 1.85. The van der Waals surface area contributed by atoms with E-state index in [2.05, 4.69) is 39.2 Å². The zero-order valence-electron chi connectivity index (χ0n) is 15.5. The molecule has 1 saturated heterocycles. The maximum absolute atomic E-state index is 12.8. The molecule has 3 aromatic rings. The molecule has 138 valence electrons. The average Bonchev–Trinajstić information content (AvgIpc) is 3.09. The van der Waals surface area contributed by atoms with Gasteiger partial charge in [0.15, 0.2) is 5.65 Å². The van der Waals surface area contributed by atoms with E-state index in [9.17, 15) is 4.79 Å². The third kappa shape index (κ3) is 3.90. The lowest BCUT2D eigenvalue weighted by Gasteiger charge is -2.34.